The quantitative estimate of drug-likeness (QED) is 0.472. The molecule has 13 heavy (non-hydrogen) atoms. The van der Waals surface area contributed by atoms with Gasteiger partial charge in [0, 0.05) is 4.98 Å². The molecule has 0 radical (unpaired) electrons. The van der Waals surface area contributed by atoms with Crippen LogP contribution in [0.3, 0.4) is 0 Å². The SMILES string of the molecule is O=[N+]([O-])c1cn2c(n1)OC[C@H](O)C2. The average Bonchev–Trinajstić information content (AvgIpc) is 2.46. The molecular formula is C6H7N3O4. The van der Waals surface area contributed by atoms with E-state index in [-0.39, 0.29) is 25.0 Å². The van der Waals surface area contributed by atoms with Gasteiger partial charge in [0.1, 0.15) is 18.9 Å². The Morgan fingerprint density at radius 1 is 1.85 bits per heavy atom. The van der Waals surface area contributed by atoms with Gasteiger partial charge in [-0.2, -0.15) is 0 Å². The fourth-order valence-corrected chi connectivity index (χ4v) is 1.17. The lowest BCUT2D eigenvalue weighted by Gasteiger charge is -2.16. The maximum atomic E-state index is 10.3. The smallest absolute Gasteiger partial charge is 0.414 e. The lowest BCUT2D eigenvalue weighted by atomic mass is 10.3. The van der Waals surface area contributed by atoms with Gasteiger partial charge in [-0.25, -0.2) is 0 Å². The van der Waals surface area contributed by atoms with Crippen LogP contribution >= 0.6 is 0 Å². The number of aliphatic hydroxyl groups excluding tert-OH is 1. The third-order valence-corrected chi connectivity index (χ3v) is 1.73. The van der Waals surface area contributed by atoms with Gasteiger partial charge in [-0.05, 0) is 4.92 Å². The number of nitro groups is 1. The summed E-state index contributed by atoms with van der Waals surface area (Å²) in [6, 6.07) is 0.192. The molecule has 0 amide bonds. The average molecular weight is 185 g/mol. The molecule has 7 nitrogen and oxygen atoms in total. The molecule has 0 aromatic carbocycles. The lowest BCUT2D eigenvalue weighted by molar-refractivity contribution is -0.389. The molecular weight excluding hydrogens is 178 g/mol. The maximum Gasteiger partial charge on any atom is 0.414 e. The van der Waals surface area contributed by atoms with E-state index in [1.165, 1.54) is 10.8 Å². The van der Waals surface area contributed by atoms with E-state index in [1.54, 1.807) is 0 Å². The molecule has 1 aromatic rings. The second-order valence-corrected chi connectivity index (χ2v) is 2.76. The van der Waals surface area contributed by atoms with Gasteiger partial charge in [0.2, 0.25) is 0 Å². The molecule has 1 aliphatic rings. The molecule has 1 aliphatic heterocycles. The summed E-state index contributed by atoms with van der Waals surface area (Å²) >= 11 is 0. The first-order valence-electron chi connectivity index (χ1n) is 3.69. The van der Waals surface area contributed by atoms with Crippen LogP contribution < -0.4 is 4.74 Å². The molecule has 1 aromatic heterocycles. The first-order valence-corrected chi connectivity index (χ1v) is 3.69. The minimum absolute atomic E-state index is 0.133. The summed E-state index contributed by atoms with van der Waals surface area (Å²) in [5, 5.41) is 19.5. The predicted octanol–water partition coefficient (Wildman–Crippen LogP) is -0.455. The minimum atomic E-state index is -0.624. The topological polar surface area (TPSA) is 90.4 Å². The number of imidazole rings is 1. The van der Waals surface area contributed by atoms with E-state index in [2.05, 4.69) is 4.98 Å². The van der Waals surface area contributed by atoms with E-state index in [1.807, 2.05) is 0 Å². The summed E-state index contributed by atoms with van der Waals surface area (Å²) in [6.07, 6.45) is 0.624. The highest BCUT2D eigenvalue weighted by molar-refractivity contribution is 5.21. The Labute approximate surface area is 72.7 Å². The van der Waals surface area contributed by atoms with Crippen molar-refractivity contribution in [1.29, 1.82) is 0 Å². The van der Waals surface area contributed by atoms with Crippen molar-refractivity contribution in [2.45, 2.75) is 12.6 Å². The van der Waals surface area contributed by atoms with E-state index in [9.17, 15) is 10.1 Å². The number of rotatable bonds is 1. The second kappa shape index (κ2) is 2.70. The normalized spacial score (nSPS) is 20.5. The Balaban J connectivity index is 2.33. The summed E-state index contributed by atoms with van der Waals surface area (Å²) in [5.41, 5.74) is 0. The molecule has 1 atom stereocenters. The molecule has 0 saturated carbocycles. The predicted molar refractivity (Wildman–Crippen MR) is 40.4 cm³/mol. The van der Waals surface area contributed by atoms with Crippen molar-refractivity contribution in [3.8, 4) is 6.01 Å². The molecule has 1 N–H and O–H groups in total. The molecule has 0 bridgehead atoms. The minimum Gasteiger partial charge on any atom is -0.443 e. The Kier molecular flexibility index (Phi) is 1.66. The highest BCUT2D eigenvalue weighted by Gasteiger charge is 2.26. The summed E-state index contributed by atoms with van der Waals surface area (Å²) in [7, 11) is 0. The number of hydrogen-bond acceptors (Lipinski definition) is 5. The van der Waals surface area contributed by atoms with E-state index >= 15 is 0 Å². The number of fused-ring (bicyclic) bond motifs is 1. The van der Waals surface area contributed by atoms with E-state index in [0.29, 0.717) is 0 Å². The second-order valence-electron chi connectivity index (χ2n) is 2.76. The summed E-state index contributed by atoms with van der Waals surface area (Å²) in [6.45, 7) is 0.421. The lowest BCUT2D eigenvalue weighted by Crippen LogP contribution is -2.29. The van der Waals surface area contributed by atoms with Crippen molar-refractivity contribution in [3.05, 3.63) is 16.3 Å². The van der Waals surface area contributed by atoms with Crippen LogP contribution in [0.4, 0.5) is 5.82 Å². The van der Waals surface area contributed by atoms with E-state index < -0.39 is 11.0 Å². The maximum absolute atomic E-state index is 10.3. The zero-order valence-corrected chi connectivity index (χ0v) is 6.58. The molecule has 0 fully saturated rings. The van der Waals surface area contributed by atoms with Crippen LogP contribution in [-0.2, 0) is 6.54 Å². The largest absolute Gasteiger partial charge is 0.443 e. The van der Waals surface area contributed by atoms with Crippen molar-refractivity contribution in [1.82, 2.24) is 9.55 Å². The summed E-state index contributed by atoms with van der Waals surface area (Å²) in [5.74, 6) is -0.260. The van der Waals surface area contributed by atoms with Crippen molar-refractivity contribution < 1.29 is 14.8 Å². The highest BCUT2D eigenvalue weighted by atomic mass is 16.6. The van der Waals surface area contributed by atoms with Crippen LogP contribution in [0, 0.1) is 10.1 Å². The standard InChI is InChI=1S/C6H7N3O4/c10-4-1-8-2-5(9(11)12)7-6(8)13-3-4/h2,4,10H,1,3H2/t4-/m1/s1. The Hall–Kier alpha value is -1.63. The molecule has 2 rings (SSSR count). The van der Waals surface area contributed by atoms with Gasteiger partial charge in [-0.1, -0.05) is 0 Å². The highest BCUT2D eigenvalue weighted by Crippen LogP contribution is 2.20. The zero-order valence-electron chi connectivity index (χ0n) is 6.58. The van der Waals surface area contributed by atoms with Crippen molar-refractivity contribution >= 4 is 5.82 Å². The third-order valence-electron chi connectivity index (χ3n) is 1.73. The van der Waals surface area contributed by atoms with Gasteiger partial charge in [0.15, 0.2) is 0 Å². The summed E-state index contributed by atoms with van der Waals surface area (Å²) < 4.78 is 6.39. The first kappa shape index (κ1) is 7.99. The van der Waals surface area contributed by atoms with Crippen LogP contribution in [0.1, 0.15) is 0 Å². The third kappa shape index (κ3) is 1.33. The molecule has 2 heterocycles. The molecule has 0 saturated heterocycles. The fraction of sp³-hybridized carbons (Fsp3) is 0.500. The zero-order chi connectivity index (χ0) is 9.42. The molecule has 0 aliphatic carbocycles. The van der Waals surface area contributed by atoms with Crippen LogP contribution in [0.2, 0.25) is 0 Å². The molecule has 7 heteroatoms. The van der Waals surface area contributed by atoms with Crippen LogP contribution in [0.25, 0.3) is 0 Å². The van der Waals surface area contributed by atoms with Gasteiger partial charge in [0.25, 0.3) is 0 Å². The van der Waals surface area contributed by atoms with Crippen LogP contribution in [0.15, 0.2) is 6.20 Å². The van der Waals surface area contributed by atoms with Crippen LogP contribution in [-0.4, -0.2) is 32.3 Å². The van der Waals surface area contributed by atoms with Crippen LogP contribution in [0.5, 0.6) is 6.01 Å². The molecule has 0 unspecified atom stereocenters. The Morgan fingerprint density at radius 2 is 2.62 bits per heavy atom. The Morgan fingerprint density at radius 3 is 3.31 bits per heavy atom. The number of aliphatic hydroxyl groups is 1. The van der Waals surface area contributed by atoms with E-state index in [0.717, 1.165) is 0 Å². The molecule has 70 valence electrons. The van der Waals surface area contributed by atoms with Crippen molar-refractivity contribution in [2.24, 2.45) is 0 Å². The van der Waals surface area contributed by atoms with Gasteiger partial charge in [-0.3, -0.25) is 4.57 Å². The number of nitrogens with zero attached hydrogens (tertiary/aromatic N) is 3. The van der Waals surface area contributed by atoms with Crippen molar-refractivity contribution in [3.63, 3.8) is 0 Å². The van der Waals surface area contributed by atoms with Gasteiger partial charge >= 0.3 is 11.8 Å². The van der Waals surface area contributed by atoms with Gasteiger partial charge < -0.3 is 20.0 Å². The van der Waals surface area contributed by atoms with Gasteiger partial charge in [-0.15, -0.1) is 0 Å². The summed E-state index contributed by atoms with van der Waals surface area (Å²) in [4.78, 5) is 13.3. The van der Waals surface area contributed by atoms with E-state index in [4.69, 9.17) is 9.84 Å². The van der Waals surface area contributed by atoms with Gasteiger partial charge in [0.05, 0.1) is 6.54 Å². The fourth-order valence-electron chi connectivity index (χ4n) is 1.17. The Bertz CT molecular complexity index is 348. The van der Waals surface area contributed by atoms with Crippen molar-refractivity contribution in [2.75, 3.05) is 6.61 Å². The number of aromatic nitrogens is 2. The number of ether oxygens (including phenoxy) is 1. The molecule has 0 spiro atoms. The number of hydrogen-bond donors (Lipinski definition) is 1. The first-order chi connectivity index (χ1) is 6.16. The monoisotopic (exact) mass is 185 g/mol.